The van der Waals surface area contributed by atoms with Crippen LogP contribution in [0.1, 0.15) is 5.56 Å². The van der Waals surface area contributed by atoms with Crippen molar-refractivity contribution in [2.45, 2.75) is 6.61 Å². The molecule has 0 aliphatic heterocycles. The van der Waals surface area contributed by atoms with Gasteiger partial charge in [0.1, 0.15) is 18.1 Å². The smallest absolute Gasteiger partial charge is 0.319 e. The van der Waals surface area contributed by atoms with Gasteiger partial charge in [-0.2, -0.15) is 0 Å². The molecule has 6 heteroatoms. The first-order valence-electron chi connectivity index (χ1n) is 7.32. The predicted octanol–water partition coefficient (Wildman–Crippen LogP) is 2.35. The van der Waals surface area contributed by atoms with E-state index in [1.807, 2.05) is 42.5 Å². The van der Waals surface area contributed by atoms with Gasteiger partial charge in [0.05, 0.1) is 12.8 Å². The average molecular weight is 315 g/mol. The van der Waals surface area contributed by atoms with Crippen LogP contribution in [0.4, 0.5) is 10.5 Å². The van der Waals surface area contributed by atoms with Gasteiger partial charge in [-0.1, -0.05) is 24.3 Å². The summed E-state index contributed by atoms with van der Waals surface area (Å²) < 4.78 is 10.9. The highest BCUT2D eigenvalue weighted by Crippen LogP contribution is 2.25. The first kappa shape index (κ1) is 16.6. The normalized spacial score (nSPS) is 10.0. The molecule has 23 heavy (non-hydrogen) atoms. The van der Waals surface area contributed by atoms with Crippen molar-refractivity contribution in [3.8, 4) is 11.5 Å². The van der Waals surface area contributed by atoms with Crippen molar-refractivity contribution >= 4 is 11.7 Å². The first-order valence-corrected chi connectivity index (χ1v) is 7.32. The van der Waals surface area contributed by atoms with E-state index < -0.39 is 0 Å². The van der Waals surface area contributed by atoms with Crippen LogP contribution in [0.25, 0.3) is 0 Å². The van der Waals surface area contributed by atoms with Gasteiger partial charge in [-0.15, -0.1) is 0 Å². The van der Waals surface area contributed by atoms with E-state index in [1.54, 1.807) is 13.2 Å². The number of amides is 2. The molecule has 0 fully saturated rings. The quantitative estimate of drug-likeness (QED) is 0.732. The molecule has 2 amide bonds. The number of hydrogen-bond donors (Lipinski definition) is 3. The fraction of sp³-hybridized carbons (Fsp3) is 0.235. The summed E-state index contributed by atoms with van der Waals surface area (Å²) in [5.41, 5.74) is 6.97. The van der Waals surface area contributed by atoms with Crippen molar-refractivity contribution in [3.05, 3.63) is 54.1 Å². The first-order chi connectivity index (χ1) is 11.2. The van der Waals surface area contributed by atoms with Crippen LogP contribution in [0.15, 0.2) is 48.5 Å². The minimum Gasteiger partial charge on any atom is -0.497 e. The summed E-state index contributed by atoms with van der Waals surface area (Å²) in [7, 11) is 1.63. The molecule has 0 unspecified atom stereocenters. The Morgan fingerprint density at radius 2 is 1.87 bits per heavy atom. The lowest BCUT2D eigenvalue weighted by atomic mass is 10.2. The molecule has 0 saturated heterocycles. The number of hydrogen-bond acceptors (Lipinski definition) is 4. The number of rotatable bonds is 7. The van der Waals surface area contributed by atoms with E-state index in [-0.39, 0.29) is 6.03 Å². The number of nitrogens with two attached hydrogens (primary N) is 1. The minimum atomic E-state index is -0.309. The fourth-order valence-electron chi connectivity index (χ4n) is 1.93. The zero-order chi connectivity index (χ0) is 16.5. The molecule has 0 saturated carbocycles. The van der Waals surface area contributed by atoms with E-state index in [2.05, 4.69) is 10.6 Å². The summed E-state index contributed by atoms with van der Waals surface area (Å²) in [4.78, 5) is 11.7. The highest BCUT2D eigenvalue weighted by Gasteiger charge is 2.07. The standard InChI is InChI=1S/C17H21N3O3/c1-22-14-8-6-13(7-9-14)12-23-16-5-3-2-4-15(16)20-17(21)19-11-10-18/h2-9H,10-12,18H2,1H3,(H2,19,20,21). The maximum Gasteiger partial charge on any atom is 0.319 e. The van der Waals surface area contributed by atoms with Gasteiger partial charge in [0.2, 0.25) is 0 Å². The summed E-state index contributed by atoms with van der Waals surface area (Å²) >= 11 is 0. The fourth-order valence-corrected chi connectivity index (χ4v) is 1.93. The second-order valence-electron chi connectivity index (χ2n) is 4.80. The van der Waals surface area contributed by atoms with Crippen LogP contribution in [0, 0.1) is 0 Å². The van der Waals surface area contributed by atoms with Crippen molar-refractivity contribution in [1.82, 2.24) is 5.32 Å². The summed E-state index contributed by atoms with van der Waals surface area (Å²) in [6.45, 7) is 1.21. The van der Waals surface area contributed by atoms with Crippen LogP contribution in [0.2, 0.25) is 0 Å². The highest BCUT2D eigenvalue weighted by molar-refractivity contribution is 5.90. The van der Waals surface area contributed by atoms with E-state index in [1.165, 1.54) is 0 Å². The van der Waals surface area contributed by atoms with Crippen LogP contribution in [0.3, 0.4) is 0 Å². The number of ether oxygens (including phenoxy) is 2. The molecule has 0 aliphatic rings. The molecule has 0 spiro atoms. The Morgan fingerprint density at radius 3 is 2.57 bits per heavy atom. The third kappa shape index (κ3) is 5.19. The lowest BCUT2D eigenvalue weighted by molar-refractivity contribution is 0.252. The molecule has 2 aromatic carbocycles. The largest absolute Gasteiger partial charge is 0.497 e. The van der Waals surface area contributed by atoms with Crippen LogP contribution in [-0.2, 0) is 6.61 Å². The lowest BCUT2D eigenvalue weighted by Gasteiger charge is -2.13. The molecule has 0 aromatic heterocycles. The maximum absolute atomic E-state index is 11.7. The number of carbonyl (C=O) groups excluding carboxylic acids is 1. The molecule has 0 radical (unpaired) electrons. The van der Waals surface area contributed by atoms with E-state index in [0.29, 0.717) is 31.1 Å². The van der Waals surface area contributed by atoms with Crippen molar-refractivity contribution in [1.29, 1.82) is 0 Å². The van der Waals surface area contributed by atoms with Gasteiger partial charge in [-0.25, -0.2) is 4.79 Å². The lowest BCUT2D eigenvalue weighted by Crippen LogP contribution is -2.32. The molecule has 0 bridgehead atoms. The molecular weight excluding hydrogens is 294 g/mol. The molecule has 0 aliphatic carbocycles. The van der Waals surface area contributed by atoms with Crippen molar-refractivity contribution in [3.63, 3.8) is 0 Å². The summed E-state index contributed by atoms with van der Waals surface area (Å²) in [6, 6.07) is 14.6. The third-order valence-corrected chi connectivity index (χ3v) is 3.12. The molecule has 2 rings (SSSR count). The van der Waals surface area contributed by atoms with Crippen LogP contribution < -0.4 is 25.8 Å². The average Bonchev–Trinajstić information content (AvgIpc) is 2.59. The molecule has 122 valence electrons. The molecule has 0 atom stereocenters. The van der Waals surface area contributed by atoms with E-state index in [0.717, 1.165) is 11.3 Å². The zero-order valence-corrected chi connectivity index (χ0v) is 13.0. The Morgan fingerprint density at radius 1 is 1.13 bits per heavy atom. The van der Waals surface area contributed by atoms with E-state index >= 15 is 0 Å². The maximum atomic E-state index is 11.7. The second-order valence-corrected chi connectivity index (χ2v) is 4.80. The molecule has 2 aromatic rings. The SMILES string of the molecule is COc1ccc(COc2ccccc2NC(=O)NCCN)cc1. The van der Waals surface area contributed by atoms with Gasteiger partial charge >= 0.3 is 6.03 Å². The van der Waals surface area contributed by atoms with Gasteiger partial charge in [-0.3, -0.25) is 0 Å². The minimum absolute atomic E-state index is 0.309. The van der Waals surface area contributed by atoms with Gasteiger partial charge in [0.25, 0.3) is 0 Å². The summed E-state index contributed by atoms with van der Waals surface area (Å²) in [5.74, 6) is 1.40. The number of anilines is 1. The number of nitrogens with one attached hydrogen (secondary N) is 2. The zero-order valence-electron chi connectivity index (χ0n) is 13.0. The second kappa shape index (κ2) is 8.65. The van der Waals surface area contributed by atoms with Gasteiger partial charge < -0.3 is 25.8 Å². The monoisotopic (exact) mass is 315 g/mol. The summed E-state index contributed by atoms with van der Waals surface area (Å²) in [6.07, 6.45) is 0. The molecular formula is C17H21N3O3. The number of carbonyl (C=O) groups is 1. The third-order valence-electron chi connectivity index (χ3n) is 3.12. The van der Waals surface area contributed by atoms with Gasteiger partial charge in [0.15, 0.2) is 0 Å². The predicted molar refractivity (Wildman–Crippen MR) is 89.8 cm³/mol. The van der Waals surface area contributed by atoms with Crippen molar-refractivity contribution in [2.24, 2.45) is 5.73 Å². The van der Waals surface area contributed by atoms with Crippen LogP contribution >= 0.6 is 0 Å². The van der Waals surface area contributed by atoms with Crippen molar-refractivity contribution in [2.75, 3.05) is 25.5 Å². The Labute approximate surface area is 135 Å². The van der Waals surface area contributed by atoms with Crippen LogP contribution in [-0.4, -0.2) is 26.2 Å². The Balaban J connectivity index is 1.97. The summed E-state index contributed by atoms with van der Waals surface area (Å²) in [5, 5.41) is 5.40. The number of urea groups is 1. The van der Waals surface area contributed by atoms with E-state index in [9.17, 15) is 4.79 Å². The molecule has 0 heterocycles. The van der Waals surface area contributed by atoms with Gasteiger partial charge in [0, 0.05) is 13.1 Å². The van der Waals surface area contributed by atoms with Crippen LogP contribution in [0.5, 0.6) is 11.5 Å². The topological polar surface area (TPSA) is 85.6 Å². The highest BCUT2D eigenvalue weighted by atomic mass is 16.5. The molecule has 4 N–H and O–H groups in total. The molecule has 6 nitrogen and oxygen atoms in total. The number of methoxy groups -OCH3 is 1. The number of benzene rings is 2. The van der Waals surface area contributed by atoms with Crippen molar-refractivity contribution < 1.29 is 14.3 Å². The Bertz CT molecular complexity index is 629. The van der Waals surface area contributed by atoms with Gasteiger partial charge in [-0.05, 0) is 29.8 Å². The Hall–Kier alpha value is -2.73. The van der Waals surface area contributed by atoms with E-state index in [4.69, 9.17) is 15.2 Å². The Kier molecular flexibility index (Phi) is 6.26. The number of para-hydroxylation sites is 2.